The van der Waals surface area contributed by atoms with E-state index in [0.29, 0.717) is 12.5 Å². The second-order valence-corrected chi connectivity index (χ2v) is 9.54. The monoisotopic (exact) mass is 377 g/mol. The molecule has 2 aromatic carbocycles. The number of rotatable bonds is 4. The highest BCUT2D eigenvalue weighted by molar-refractivity contribution is 5.27. The van der Waals surface area contributed by atoms with Crippen LogP contribution in [0.3, 0.4) is 0 Å². The molecule has 1 aliphatic heterocycles. The van der Waals surface area contributed by atoms with Gasteiger partial charge in [-0.25, -0.2) is 0 Å². The highest BCUT2D eigenvalue weighted by Gasteiger charge is 2.72. The quantitative estimate of drug-likeness (QED) is 0.700. The van der Waals surface area contributed by atoms with E-state index in [1.165, 1.54) is 30.4 Å². The molecule has 0 N–H and O–H groups in total. The van der Waals surface area contributed by atoms with Gasteiger partial charge in [0.25, 0.3) is 0 Å². The third kappa shape index (κ3) is 2.39. The highest BCUT2D eigenvalue weighted by Crippen LogP contribution is 2.67. The van der Waals surface area contributed by atoms with E-state index in [-0.39, 0.29) is 11.0 Å². The average molecular weight is 378 g/mol. The van der Waals surface area contributed by atoms with Gasteiger partial charge in [0, 0.05) is 5.56 Å². The SMILES string of the molecule is CC1(C)C2CCC(C2)C12CO[C@@](C)(c1ccccc1)N2OCc1ccccc1. The van der Waals surface area contributed by atoms with Crippen molar-refractivity contribution in [3.63, 3.8) is 0 Å². The first-order chi connectivity index (χ1) is 13.5. The molecule has 3 nitrogen and oxygen atoms in total. The van der Waals surface area contributed by atoms with Crippen molar-refractivity contribution in [2.24, 2.45) is 17.3 Å². The summed E-state index contributed by atoms with van der Waals surface area (Å²) >= 11 is 0. The maximum Gasteiger partial charge on any atom is 0.167 e. The first-order valence-electron chi connectivity index (χ1n) is 10.7. The molecule has 1 saturated heterocycles. The van der Waals surface area contributed by atoms with Crippen LogP contribution < -0.4 is 0 Å². The Hall–Kier alpha value is -1.68. The number of nitrogens with zero attached hydrogens (tertiary/aromatic N) is 1. The summed E-state index contributed by atoms with van der Waals surface area (Å²) in [6.07, 6.45) is 3.92. The third-order valence-corrected chi connectivity index (χ3v) is 8.08. The van der Waals surface area contributed by atoms with E-state index in [1.54, 1.807) is 0 Å². The van der Waals surface area contributed by atoms with Crippen molar-refractivity contribution in [3.8, 4) is 0 Å². The highest BCUT2D eigenvalue weighted by atomic mass is 16.7. The van der Waals surface area contributed by atoms with E-state index in [9.17, 15) is 0 Å². The summed E-state index contributed by atoms with van der Waals surface area (Å²) in [4.78, 5) is 6.69. The predicted molar refractivity (Wildman–Crippen MR) is 110 cm³/mol. The van der Waals surface area contributed by atoms with Gasteiger partial charge in [-0.15, -0.1) is 5.06 Å². The maximum absolute atomic E-state index is 6.69. The molecular weight excluding hydrogens is 346 g/mol. The minimum atomic E-state index is -0.572. The molecule has 1 spiro atoms. The van der Waals surface area contributed by atoms with E-state index in [4.69, 9.17) is 9.57 Å². The van der Waals surface area contributed by atoms with E-state index in [0.717, 1.165) is 12.5 Å². The normalized spacial score (nSPS) is 36.4. The smallest absolute Gasteiger partial charge is 0.167 e. The maximum atomic E-state index is 6.69. The van der Waals surface area contributed by atoms with Crippen LogP contribution >= 0.6 is 0 Å². The summed E-state index contributed by atoms with van der Waals surface area (Å²) in [5, 5.41) is 2.28. The van der Waals surface area contributed by atoms with Crippen LogP contribution in [0.2, 0.25) is 0 Å². The molecule has 3 fully saturated rings. The standard InChI is InChI=1S/C25H31NO2/c1-23(2)21-14-15-22(16-21)25(23)18-27-24(3,20-12-8-5-9-13-20)26(25)28-17-19-10-6-4-7-11-19/h4-13,21-22H,14-18H2,1-3H3/t21?,22?,24-,25?/m0/s1. The molecule has 4 atom stereocenters. The van der Waals surface area contributed by atoms with Crippen molar-refractivity contribution in [1.82, 2.24) is 5.06 Å². The van der Waals surface area contributed by atoms with Gasteiger partial charge in [-0.3, -0.25) is 4.84 Å². The Morgan fingerprint density at radius 1 is 0.929 bits per heavy atom. The van der Waals surface area contributed by atoms with Crippen LogP contribution in [-0.2, 0) is 21.9 Å². The molecule has 0 amide bonds. The molecular formula is C25H31NO2. The Morgan fingerprint density at radius 3 is 2.21 bits per heavy atom. The average Bonchev–Trinajstić information content (AvgIpc) is 3.37. The van der Waals surface area contributed by atoms with Crippen LogP contribution in [0.15, 0.2) is 60.7 Å². The van der Waals surface area contributed by atoms with Gasteiger partial charge in [-0.2, -0.15) is 0 Å². The predicted octanol–water partition coefficient (Wildman–Crippen LogP) is 5.52. The Kier molecular flexibility index (Phi) is 4.20. The molecule has 3 aliphatic rings. The van der Waals surface area contributed by atoms with Crippen molar-refractivity contribution in [3.05, 3.63) is 71.8 Å². The second kappa shape index (κ2) is 6.41. The van der Waals surface area contributed by atoms with Gasteiger partial charge in [0.2, 0.25) is 0 Å². The van der Waals surface area contributed by atoms with Crippen molar-refractivity contribution in [2.45, 2.75) is 57.9 Å². The number of hydroxylamine groups is 2. The van der Waals surface area contributed by atoms with Crippen LogP contribution in [0.4, 0.5) is 0 Å². The fourth-order valence-corrected chi connectivity index (χ4v) is 6.33. The zero-order chi connectivity index (χ0) is 19.4. The van der Waals surface area contributed by atoms with Gasteiger partial charge >= 0.3 is 0 Å². The number of hydrogen-bond donors (Lipinski definition) is 0. The second-order valence-electron chi connectivity index (χ2n) is 9.54. The zero-order valence-corrected chi connectivity index (χ0v) is 17.2. The number of fused-ring (bicyclic) bond motifs is 3. The molecule has 2 saturated carbocycles. The molecule has 3 unspecified atom stereocenters. The molecule has 3 heteroatoms. The first kappa shape index (κ1) is 18.4. The summed E-state index contributed by atoms with van der Waals surface area (Å²) in [6, 6.07) is 21.1. The summed E-state index contributed by atoms with van der Waals surface area (Å²) in [7, 11) is 0. The fourth-order valence-electron chi connectivity index (χ4n) is 6.33. The van der Waals surface area contributed by atoms with Crippen LogP contribution in [0.25, 0.3) is 0 Å². The van der Waals surface area contributed by atoms with Crippen molar-refractivity contribution in [2.75, 3.05) is 6.61 Å². The minimum Gasteiger partial charge on any atom is -0.352 e. The van der Waals surface area contributed by atoms with Gasteiger partial charge in [-0.05, 0) is 49.0 Å². The Morgan fingerprint density at radius 2 is 1.57 bits per heavy atom. The van der Waals surface area contributed by atoms with E-state index >= 15 is 0 Å². The van der Waals surface area contributed by atoms with Crippen molar-refractivity contribution in [1.29, 1.82) is 0 Å². The van der Waals surface area contributed by atoms with Gasteiger partial charge in [0.05, 0.1) is 18.8 Å². The Labute approximate surface area is 168 Å². The summed E-state index contributed by atoms with van der Waals surface area (Å²) in [5.41, 5.74) is 1.88. The molecule has 2 aromatic rings. The number of hydrogen-bond acceptors (Lipinski definition) is 3. The topological polar surface area (TPSA) is 21.7 Å². The lowest BCUT2D eigenvalue weighted by Crippen LogP contribution is -2.62. The van der Waals surface area contributed by atoms with Crippen LogP contribution in [0.5, 0.6) is 0 Å². The molecule has 148 valence electrons. The summed E-state index contributed by atoms with van der Waals surface area (Å²) in [5.74, 6) is 1.39. The molecule has 5 rings (SSSR count). The number of benzene rings is 2. The molecule has 2 aliphatic carbocycles. The van der Waals surface area contributed by atoms with Crippen LogP contribution in [0, 0.1) is 17.3 Å². The lowest BCUT2D eigenvalue weighted by molar-refractivity contribution is -0.317. The zero-order valence-electron chi connectivity index (χ0n) is 17.2. The number of ether oxygens (including phenoxy) is 1. The lowest BCUT2D eigenvalue weighted by Gasteiger charge is -2.52. The summed E-state index contributed by atoms with van der Waals surface area (Å²) in [6.45, 7) is 8.37. The van der Waals surface area contributed by atoms with E-state index < -0.39 is 5.72 Å². The largest absolute Gasteiger partial charge is 0.352 e. The molecule has 0 aromatic heterocycles. The van der Waals surface area contributed by atoms with Crippen molar-refractivity contribution >= 4 is 0 Å². The third-order valence-electron chi connectivity index (χ3n) is 8.08. The molecule has 2 bridgehead atoms. The van der Waals surface area contributed by atoms with E-state index in [1.807, 2.05) is 0 Å². The Balaban J connectivity index is 1.56. The summed E-state index contributed by atoms with van der Waals surface area (Å²) < 4.78 is 6.65. The van der Waals surface area contributed by atoms with E-state index in [2.05, 4.69) is 86.5 Å². The van der Waals surface area contributed by atoms with Crippen LogP contribution in [0.1, 0.15) is 51.2 Å². The molecule has 1 heterocycles. The van der Waals surface area contributed by atoms with Crippen LogP contribution in [-0.4, -0.2) is 17.2 Å². The van der Waals surface area contributed by atoms with Gasteiger partial charge in [0.1, 0.15) is 0 Å². The lowest BCUT2D eigenvalue weighted by atomic mass is 9.63. The van der Waals surface area contributed by atoms with Gasteiger partial charge in [-0.1, -0.05) is 74.5 Å². The molecule has 28 heavy (non-hydrogen) atoms. The van der Waals surface area contributed by atoms with Gasteiger partial charge < -0.3 is 4.74 Å². The molecule has 0 radical (unpaired) electrons. The Bertz CT molecular complexity index is 836. The minimum absolute atomic E-state index is 0.0741. The van der Waals surface area contributed by atoms with Gasteiger partial charge in [0.15, 0.2) is 5.72 Å². The first-order valence-corrected chi connectivity index (χ1v) is 10.7. The fraction of sp³-hybridized carbons (Fsp3) is 0.520. The van der Waals surface area contributed by atoms with Crippen molar-refractivity contribution < 1.29 is 9.57 Å².